The number of benzene rings is 1. The van der Waals surface area contributed by atoms with Crippen LogP contribution in [0.2, 0.25) is 5.02 Å². The fourth-order valence-electron chi connectivity index (χ4n) is 2.33. The molecule has 0 radical (unpaired) electrons. The lowest BCUT2D eigenvalue weighted by atomic mass is 10.1. The molecule has 1 aliphatic rings. The minimum Gasteiger partial charge on any atom is -0.398 e. The number of nitrogens with two attached hydrogens (primary N) is 1. The molecule has 0 saturated carbocycles. The first-order chi connectivity index (χ1) is 9.66. The Kier molecular flexibility index (Phi) is 6.05. The van der Waals surface area contributed by atoms with Gasteiger partial charge in [0.2, 0.25) is 5.91 Å². The van der Waals surface area contributed by atoms with E-state index in [1.807, 2.05) is 17.0 Å². The van der Waals surface area contributed by atoms with Crippen molar-refractivity contribution in [3.05, 3.63) is 23.2 Å². The molecule has 2 rings (SSSR count). The fourth-order valence-corrected chi connectivity index (χ4v) is 3.41. The summed E-state index contributed by atoms with van der Waals surface area (Å²) in [7, 11) is 0. The summed E-state index contributed by atoms with van der Waals surface area (Å²) >= 11 is 7.51. The van der Waals surface area contributed by atoms with Crippen LogP contribution >= 0.6 is 23.4 Å². The highest BCUT2D eigenvalue weighted by molar-refractivity contribution is 8.00. The normalized spacial score (nSPS) is 16.6. The Morgan fingerprint density at radius 3 is 2.50 bits per heavy atom. The Balaban J connectivity index is 1.85. The van der Waals surface area contributed by atoms with E-state index >= 15 is 0 Å². The smallest absolute Gasteiger partial charge is 0.232 e. The average molecular weight is 313 g/mol. The second kappa shape index (κ2) is 7.79. The van der Waals surface area contributed by atoms with Gasteiger partial charge in [-0.2, -0.15) is 0 Å². The zero-order valence-electron chi connectivity index (χ0n) is 11.6. The number of carbonyl (C=O) groups is 1. The predicted octanol–water partition coefficient (Wildman–Crippen LogP) is 3.81. The number of rotatable bonds is 3. The second-order valence-corrected chi connectivity index (χ2v) is 6.58. The molecule has 1 aromatic rings. The summed E-state index contributed by atoms with van der Waals surface area (Å²) in [5, 5.41) is 0.550. The highest BCUT2D eigenvalue weighted by Gasteiger charge is 2.15. The van der Waals surface area contributed by atoms with Crippen LogP contribution in [0.3, 0.4) is 0 Å². The maximum Gasteiger partial charge on any atom is 0.232 e. The van der Waals surface area contributed by atoms with Crippen LogP contribution in [0, 0.1) is 0 Å². The first-order valence-electron chi connectivity index (χ1n) is 7.12. The number of anilines is 1. The van der Waals surface area contributed by atoms with Crippen molar-refractivity contribution >= 4 is 35.0 Å². The topological polar surface area (TPSA) is 46.3 Å². The maximum absolute atomic E-state index is 12.2. The van der Waals surface area contributed by atoms with Crippen molar-refractivity contribution < 1.29 is 4.79 Å². The van der Waals surface area contributed by atoms with Gasteiger partial charge in [0.15, 0.2) is 0 Å². The summed E-state index contributed by atoms with van der Waals surface area (Å²) in [5.74, 6) is 0.699. The minimum absolute atomic E-state index is 0.227. The lowest BCUT2D eigenvalue weighted by Gasteiger charge is -2.24. The SMILES string of the molecule is Nc1ccc(SCC(=O)N2CCCCCCC2)cc1Cl. The van der Waals surface area contributed by atoms with Crippen molar-refractivity contribution in [1.29, 1.82) is 0 Å². The van der Waals surface area contributed by atoms with Gasteiger partial charge in [0.1, 0.15) is 0 Å². The van der Waals surface area contributed by atoms with Crippen molar-refractivity contribution in [2.24, 2.45) is 0 Å². The van der Waals surface area contributed by atoms with Gasteiger partial charge in [0.25, 0.3) is 0 Å². The van der Waals surface area contributed by atoms with Crippen molar-refractivity contribution in [3.8, 4) is 0 Å². The summed E-state index contributed by atoms with van der Waals surface area (Å²) in [6.07, 6.45) is 6.05. The van der Waals surface area contributed by atoms with Gasteiger partial charge in [-0.05, 0) is 31.0 Å². The molecule has 3 nitrogen and oxygen atoms in total. The molecular formula is C15H21ClN2OS. The average Bonchev–Trinajstić information content (AvgIpc) is 2.39. The monoisotopic (exact) mass is 312 g/mol. The number of nitrogen functional groups attached to an aromatic ring is 1. The van der Waals surface area contributed by atoms with Gasteiger partial charge in [-0.25, -0.2) is 0 Å². The Morgan fingerprint density at radius 1 is 1.20 bits per heavy atom. The highest BCUT2D eigenvalue weighted by atomic mass is 35.5. The lowest BCUT2D eigenvalue weighted by Crippen LogP contribution is -2.35. The summed E-state index contributed by atoms with van der Waals surface area (Å²) in [6.45, 7) is 1.81. The zero-order chi connectivity index (χ0) is 14.4. The van der Waals surface area contributed by atoms with Crippen LogP contribution in [0.4, 0.5) is 5.69 Å². The molecule has 0 aliphatic carbocycles. The number of hydrogen-bond donors (Lipinski definition) is 1. The Morgan fingerprint density at radius 2 is 1.85 bits per heavy atom. The maximum atomic E-state index is 12.2. The van der Waals surface area contributed by atoms with E-state index < -0.39 is 0 Å². The number of amides is 1. The molecule has 1 aliphatic heterocycles. The third-order valence-electron chi connectivity index (χ3n) is 3.54. The van der Waals surface area contributed by atoms with E-state index in [-0.39, 0.29) is 5.91 Å². The van der Waals surface area contributed by atoms with Gasteiger partial charge in [-0.1, -0.05) is 30.9 Å². The van der Waals surface area contributed by atoms with Gasteiger partial charge in [0.05, 0.1) is 16.5 Å². The molecular weight excluding hydrogens is 292 g/mol. The molecule has 0 bridgehead atoms. The molecule has 2 N–H and O–H groups in total. The number of carbonyl (C=O) groups excluding carboxylic acids is 1. The van der Waals surface area contributed by atoms with Crippen molar-refractivity contribution in [3.63, 3.8) is 0 Å². The molecule has 1 fully saturated rings. The summed E-state index contributed by atoms with van der Waals surface area (Å²) in [5.41, 5.74) is 6.25. The molecule has 0 spiro atoms. The molecule has 1 amide bonds. The predicted molar refractivity (Wildman–Crippen MR) is 86.3 cm³/mol. The molecule has 1 aromatic carbocycles. The third-order valence-corrected chi connectivity index (χ3v) is 4.85. The first kappa shape index (κ1) is 15.5. The van der Waals surface area contributed by atoms with Crippen LogP contribution in [-0.2, 0) is 4.79 Å². The molecule has 5 heteroatoms. The number of halogens is 1. The molecule has 1 saturated heterocycles. The number of likely N-dealkylation sites (tertiary alicyclic amines) is 1. The lowest BCUT2D eigenvalue weighted by molar-refractivity contribution is -0.128. The van der Waals surface area contributed by atoms with E-state index in [1.165, 1.54) is 31.0 Å². The van der Waals surface area contributed by atoms with Gasteiger partial charge in [-0.15, -0.1) is 11.8 Å². The van der Waals surface area contributed by atoms with Crippen LogP contribution in [0.5, 0.6) is 0 Å². The third kappa shape index (κ3) is 4.60. The highest BCUT2D eigenvalue weighted by Crippen LogP contribution is 2.26. The van der Waals surface area contributed by atoms with Crippen molar-refractivity contribution in [2.45, 2.75) is 37.0 Å². The second-order valence-electron chi connectivity index (χ2n) is 5.12. The van der Waals surface area contributed by atoms with E-state index in [9.17, 15) is 4.79 Å². The molecule has 1 heterocycles. The Labute approximate surface area is 129 Å². The fraction of sp³-hybridized carbons (Fsp3) is 0.533. The summed E-state index contributed by atoms with van der Waals surface area (Å²) < 4.78 is 0. The van der Waals surface area contributed by atoms with E-state index in [0.29, 0.717) is 16.5 Å². The quantitative estimate of drug-likeness (QED) is 0.682. The van der Waals surface area contributed by atoms with Crippen LogP contribution < -0.4 is 5.73 Å². The number of thioether (sulfide) groups is 1. The van der Waals surface area contributed by atoms with Crippen molar-refractivity contribution in [2.75, 3.05) is 24.6 Å². The van der Waals surface area contributed by atoms with E-state index in [4.69, 9.17) is 17.3 Å². The molecule has 0 aromatic heterocycles. The van der Waals surface area contributed by atoms with E-state index in [2.05, 4.69) is 0 Å². The largest absolute Gasteiger partial charge is 0.398 e. The van der Waals surface area contributed by atoms with Crippen LogP contribution in [0.15, 0.2) is 23.1 Å². The zero-order valence-corrected chi connectivity index (χ0v) is 13.2. The Hall–Kier alpha value is -0.870. The summed E-state index contributed by atoms with van der Waals surface area (Å²) in [6, 6.07) is 5.51. The van der Waals surface area contributed by atoms with Crippen molar-refractivity contribution in [1.82, 2.24) is 4.90 Å². The van der Waals surface area contributed by atoms with Crippen LogP contribution in [0.25, 0.3) is 0 Å². The molecule has 0 atom stereocenters. The van der Waals surface area contributed by atoms with Crippen LogP contribution in [0.1, 0.15) is 32.1 Å². The molecule has 110 valence electrons. The minimum atomic E-state index is 0.227. The Bertz CT molecular complexity index is 459. The first-order valence-corrected chi connectivity index (χ1v) is 8.49. The molecule has 20 heavy (non-hydrogen) atoms. The van der Waals surface area contributed by atoms with Crippen LogP contribution in [-0.4, -0.2) is 29.6 Å². The number of nitrogens with zero attached hydrogens (tertiary/aromatic N) is 1. The van der Waals surface area contributed by atoms with E-state index in [0.717, 1.165) is 30.8 Å². The summed E-state index contributed by atoms with van der Waals surface area (Å²) in [4.78, 5) is 15.2. The standard InChI is InChI=1S/C15H21ClN2OS/c16-13-10-12(6-7-14(13)17)20-11-15(19)18-8-4-2-1-3-5-9-18/h6-7,10H,1-5,8-9,11,17H2. The number of hydrogen-bond acceptors (Lipinski definition) is 3. The van der Waals surface area contributed by atoms with Gasteiger partial charge >= 0.3 is 0 Å². The van der Waals surface area contributed by atoms with E-state index in [1.54, 1.807) is 6.07 Å². The van der Waals surface area contributed by atoms with Gasteiger partial charge in [0, 0.05) is 18.0 Å². The van der Waals surface area contributed by atoms with Gasteiger partial charge in [-0.3, -0.25) is 4.79 Å². The molecule has 0 unspecified atom stereocenters. The van der Waals surface area contributed by atoms with Gasteiger partial charge < -0.3 is 10.6 Å².